The third kappa shape index (κ3) is 3.29. The van der Waals surface area contributed by atoms with Gasteiger partial charge in [0.1, 0.15) is 5.01 Å². The summed E-state index contributed by atoms with van der Waals surface area (Å²) in [4.78, 5) is 0. The maximum absolute atomic E-state index is 5.93. The molecule has 0 radical (unpaired) electrons. The van der Waals surface area contributed by atoms with Crippen molar-refractivity contribution < 1.29 is 0 Å². The van der Waals surface area contributed by atoms with Gasteiger partial charge in [-0.15, -0.1) is 10.2 Å². The Hall–Kier alpha value is -2.17. The molecule has 1 heterocycles. The second-order valence-corrected chi connectivity index (χ2v) is 5.87. The summed E-state index contributed by atoms with van der Waals surface area (Å²) in [7, 11) is 0. The molecule has 3 rings (SSSR count). The van der Waals surface area contributed by atoms with Crippen molar-refractivity contribution in [1.29, 1.82) is 0 Å². The lowest BCUT2D eigenvalue weighted by Crippen LogP contribution is -1.87. The second kappa shape index (κ2) is 6.08. The predicted molar refractivity (Wildman–Crippen MR) is 89.2 cm³/mol. The lowest BCUT2D eigenvalue weighted by Gasteiger charge is -2.04. The van der Waals surface area contributed by atoms with Crippen molar-refractivity contribution in [3.63, 3.8) is 0 Å². The molecule has 0 unspecified atom stereocenters. The highest BCUT2D eigenvalue weighted by molar-refractivity contribution is 7.16. The summed E-state index contributed by atoms with van der Waals surface area (Å²) in [5.41, 5.74) is 8.82. The number of rotatable bonds is 3. The van der Waals surface area contributed by atoms with Gasteiger partial charge in [-0.3, -0.25) is 0 Å². The molecule has 0 spiro atoms. The van der Waals surface area contributed by atoms with Crippen LogP contribution < -0.4 is 5.73 Å². The number of nitrogens with two attached hydrogens (primary N) is 1. The summed E-state index contributed by atoms with van der Waals surface area (Å²) in [6, 6.07) is 17.7. The summed E-state index contributed by atoms with van der Waals surface area (Å²) >= 11 is 7.30. The van der Waals surface area contributed by atoms with E-state index >= 15 is 0 Å². The average molecular weight is 314 g/mol. The Balaban J connectivity index is 2.10. The number of benzene rings is 2. The van der Waals surface area contributed by atoms with Crippen LogP contribution in [0.15, 0.2) is 54.6 Å². The molecule has 0 amide bonds. The number of halogens is 1. The summed E-state index contributed by atoms with van der Waals surface area (Å²) in [5.74, 6) is 0. The van der Waals surface area contributed by atoms with Crippen molar-refractivity contribution >= 4 is 39.7 Å². The minimum Gasteiger partial charge on any atom is -0.374 e. The van der Waals surface area contributed by atoms with Gasteiger partial charge in [-0.05, 0) is 29.3 Å². The van der Waals surface area contributed by atoms with Crippen molar-refractivity contribution in [2.24, 2.45) is 0 Å². The number of hydrogen-bond donors (Lipinski definition) is 1. The first-order chi connectivity index (χ1) is 10.2. The van der Waals surface area contributed by atoms with Crippen molar-refractivity contribution in [2.75, 3.05) is 5.73 Å². The quantitative estimate of drug-likeness (QED) is 0.731. The molecule has 0 bridgehead atoms. The normalized spacial score (nSPS) is 11.6. The molecule has 0 aliphatic carbocycles. The van der Waals surface area contributed by atoms with Gasteiger partial charge in [0.05, 0.1) is 0 Å². The van der Waals surface area contributed by atoms with E-state index in [-0.39, 0.29) is 0 Å². The Morgan fingerprint density at radius 3 is 2.33 bits per heavy atom. The molecule has 0 atom stereocenters. The van der Waals surface area contributed by atoms with Gasteiger partial charge in [0.15, 0.2) is 0 Å². The first kappa shape index (κ1) is 13.8. The van der Waals surface area contributed by atoms with Crippen LogP contribution in [0.4, 0.5) is 5.13 Å². The lowest BCUT2D eigenvalue weighted by atomic mass is 10.0. The molecule has 2 N–H and O–H groups in total. The van der Waals surface area contributed by atoms with Gasteiger partial charge < -0.3 is 5.73 Å². The summed E-state index contributed by atoms with van der Waals surface area (Å²) in [6.45, 7) is 0. The summed E-state index contributed by atoms with van der Waals surface area (Å²) in [6.07, 6.45) is 2.06. The van der Waals surface area contributed by atoms with Crippen LogP contribution in [0.3, 0.4) is 0 Å². The van der Waals surface area contributed by atoms with E-state index in [0.29, 0.717) is 10.2 Å². The zero-order valence-electron chi connectivity index (χ0n) is 11.0. The molecular formula is C16H12ClN3S. The summed E-state index contributed by atoms with van der Waals surface area (Å²) < 4.78 is 0. The number of nitrogens with zero attached hydrogens (tertiary/aromatic N) is 2. The van der Waals surface area contributed by atoms with E-state index in [1.165, 1.54) is 11.3 Å². The molecule has 3 aromatic rings. The van der Waals surface area contributed by atoms with Gasteiger partial charge in [-0.25, -0.2) is 0 Å². The Labute approximate surface area is 131 Å². The van der Waals surface area contributed by atoms with Gasteiger partial charge >= 0.3 is 0 Å². The highest BCUT2D eigenvalue weighted by Crippen LogP contribution is 2.29. The van der Waals surface area contributed by atoms with Crippen LogP contribution in [-0.2, 0) is 0 Å². The Bertz CT molecular complexity index is 764. The minimum absolute atomic E-state index is 0.461. The van der Waals surface area contributed by atoms with Crippen LogP contribution in [-0.4, -0.2) is 10.2 Å². The third-order valence-electron chi connectivity index (χ3n) is 2.94. The molecule has 0 aliphatic rings. The molecular weight excluding hydrogens is 302 g/mol. The van der Waals surface area contributed by atoms with Crippen LogP contribution in [0.25, 0.3) is 11.6 Å². The zero-order valence-corrected chi connectivity index (χ0v) is 12.6. The Morgan fingerprint density at radius 1 is 1.00 bits per heavy atom. The van der Waals surface area contributed by atoms with Gasteiger partial charge in [0.25, 0.3) is 0 Å². The number of hydrogen-bond acceptors (Lipinski definition) is 4. The van der Waals surface area contributed by atoms with Crippen LogP contribution in [0.1, 0.15) is 16.1 Å². The van der Waals surface area contributed by atoms with Crippen LogP contribution in [0.2, 0.25) is 5.02 Å². The molecule has 0 fully saturated rings. The Morgan fingerprint density at radius 2 is 1.71 bits per heavy atom. The lowest BCUT2D eigenvalue weighted by molar-refractivity contribution is 1.08. The highest BCUT2D eigenvalue weighted by atomic mass is 35.5. The first-order valence-corrected chi connectivity index (χ1v) is 7.54. The van der Waals surface area contributed by atoms with E-state index in [2.05, 4.69) is 16.3 Å². The fourth-order valence-electron chi connectivity index (χ4n) is 1.96. The van der Waals surface area contributed by atoms with Crippen LogP contribution >= 0.6 is 22.9 Å². The molecule has 0 aliphatic heterocycles. The highest BCUT2D eigenvalue weighted by Gasteiger charge is 2.10. The van der Waals surface area contributed by atoms with Crippen LogP contribution in [0, 0.1) is 0 Å². The number of nitrogen functional groups attached to an aromatic ring is 1. The van der Waals surface area contributed by atoms with Crippen molar-refractivity contribution in [3.8, 4) is 0 Å². The summed E-state index contributed by atoms with van der Waals surface area (Å²) in [5, 5.41) is 10.0. The minimum atomic E-state index is 0.461. The average Bonchev–Trinajstić information content (AvgIpc) is 2.94. The van der Waals surface area contributed by atoms with E-state index in [0.717, 1.165) is 21.7 Å². The van der Waals surface area contributed by atoms with E-state index < -0.39 is 0 Å². The maximum Gasteiger partial charge on any atom is 0.203 e. The van der Waals surface area contributed by atoms with Gasteiger partial charge in [0, 0.05) is 10.6 Å². The molecule has 0 saturated carbocycles. The molecule has 1 aromatic heterocycles. The largest absolute Gasteiger partial charge is 0.374 e. The zero-order chi connectivity index (χ0) is 14.7. The monoisotopic (exact) mass is 313 g/mol. The maximum atomic E-state index is 5.93. The Kier molecular flexibility index (Phi) is 3.99. The molecule has 2 aromatic carbocycles. The number of anilines is 1. The van der Waals surface area contributed by atoms with Crippen molar-refractivity contribution in [1.82, 2.24) is 10.2 Å². The number of aromatic nitrogens is 2. The molecule has 5 heteroatoms. The van der Waals surface area contributed by atoms with Crippen molar-refractivity contribution in [2.45, 2.75) is 0 Å². The molecule has 3 nitrogen and oxygen atoms in total. The molecule has 0 saturated heterocycles. The van der Waals surface area contributed by atoms with Gasteiger partial charge in [-0.2, -0.15) is 0 Å². The molecule has 21 heavy (non-hydrogen) atoms. The van der Waals surface area contributed by atoms with E-state index in [1.54, 1.807) is 0 Å². The van der Waals surface area contributed by atoms with Gasteiger partial charge in [-0.1, -0.05) is 65.4 Å². The van der Waals surface area contributed by atoms with Gasteiger partial charge in [0.2, 0.25) is 5.13 Å². The van der Waals surface area contributed by atoms with E-state index in [9.17, 15) is 0 Å². The smallest absolute Gasteiger partial charge is 0.203 e. The van der Waals surface area contributed by atoms with Crippen molar-refractivity contribution in [3.05, 3.63) is 75.8 Å². The van der Waals surface area contributed by atoms with E-state index in [1.807, 2.05) is 54.6 Å². The molecule has 104 valence electrons. The fourth-order valence-corrected chi connectivity index (χ4v) is 2.73. The standard InChI is InChI=1S/C16H12ClN3S/c17-13-8-6-11(7-9-13)10-14(12-4-2-1-3-5-12)15-19-20-16(18)21-15/h1-10H,(H2,18,20)/b14-10+. The fraction of sp³-hybridized carbons (Fsp3) is 0. The first-order valence-electron chi connectivity index (χ1n) is 6.34. The predicted octanol–water partition coefficient (Wildman–Crippen LogP) is 4.36. The van der Waals surface area contributed by atoms with Crippen LogP contribution in [0.5, 0.6) is 0 Å². The third-order valence-corrected chi connectivity index (χ3v) is 3.97. The second-order valence-electron chi connectivity index (χ2n) is 4.42. The SMILES string of the molecule is Nc1nnc(/C(=C/c2ccc(Cl)cc2)c2ccccc2)s1. The topological polar surface area (TPSA) is 51.8 Å². The van der Waals surface area contributed by atoms with E-state index in [4.69, 9.17) is 17.3 Å².